The molecule has 0 radical (unpaired) electrons. The number of hydrogen-bond donors (Lipinski definition) is 17. The number of nitrogens with one attached hydrogen (secondary N) is 10. The second-order valence-corrected chi connectivity index (χ2v) is 30.5. The van der Waals surface area contributed by atoms with Crippen LogP contribution in [-0.2, 0) is 91.1 Å². The number of unbranched alkanes of at least 4 members (excludes halogenated alkanes) is 1. The summed E-state index contributed by atoms with van der Waals surface area (Å²) in [6, 6.07) is -20.2. The van der Waals surface area contributed by atoms with Crippen LogP contribution in [0.4, 0.5) is 0 Å². The van der Waals surface area contributed by atoms with Gasteiger partial charge < -0.3 is 110 Å². The van der Waals surface area contributed by atoms with Gasteiger partial charge in [-0.05, 0) is 140 Å². The predicted molar refractivity (Wildman–Crippen MR) is 397 cm³/mol. The van der Waals surface area contributed by atoms with Crippen LogP contribution in [0.1, 0.15) is 191 Å². The van der Waals surface area contributed by atoms with E-state index >= 15 is 0 Å². The molecule has 0 unspecified atom stereocenters. The molecular formula is C72H117N17O23. The zero-order chi connectivity index (χ0) is 84.3. The van der Waals surface area contributed by atoms with Gasteiger partial charge in [0.2, 0.25) is 88.6 Å². The molecule has 0 aromatic heterocycles. The lowest BCUT2D eigenvalue weighted by Crippen LogP contribution is -2.61. The summed E-state index contributed by atoms with van der Waals surface area (Å²) in [6.07, 6.45) is -0.969. The van der Waals surface area contributed by atoms with Crippen molar-refractivity contribution < 1.29 is 112 Å². The van der Waals surface area contributed by atoms with E-state index in [0.29, 0.717) is 25.7 Å². The lowest BCUT2D eigenvalue weighted by Gasteiger charge is -2.33. The summed E-state index contributed by atoms with van der Waals surface area (Å²) in [5, 5.41) is 63.1. The maximum absolute atomic E-state index is 14.7. The van der Waals surface area contributed by atoms with Crippen LogP contribution in [0.2, 0.25) is 0 Å². The van der Waals surface area contributed by atoms with Gasteiger partial charge in [-0.1, -0.05) is 55.4 Å². The molecule has 4 fully saturated rings. The van der Waals surface area contributed by atoms with Crippen LogP contribution >= 0.6 is 0 Å². The van der Waals surface area contributed by atoms with Gasteiger partial charge in [0.1, 0.15) is 84.6 Å². The van der Waals surface area contributed by atoms with Gasteiger partial charge in [0, 0.05) is 45.4 Å². The number of nitrogens with two attached hydrogens (primary N) is 3. The quantitative estimate of drug-likeness (QED) is 0.0258. The number of carbonyl (C=O) groups excluding carboxylic acids is 15. The smallest absolute Gasteiger partial charge is 0.326 e. The fourth-order valence-electron chi connectivity index (χ4n) is 13.8. The van der Waals surface area contributed by atoms with Crippen molar-refractivity contribution in [3.63, 3.8) is 0 Å². The molecule has 40 heteroatoms. The van der Waals surface area contributed by atoms with Crippen LogP contribution in [0.25, 0.3) is 0 Å². The van der Waals surface area contributed by atoms with Crippen molar-refractivity contribution >= 4 is 112 Å². The van der Waals surface area contributed by atoms with Crippen molar-refractivity contribution in [1.29, 1.82) is 0 Å². The van der Waals surface area contributed by atoms with Gasteiger partial charge in [-0.15, -0.1) is 0 Å². The summed E-state index contributed by atoms with van der Waals surface area (Å²) in [4.78, 5) is 260. The first-order valence-corrected chi connectivity index (χ1v) is 38.4. The molecule has 4 heterocycles. The fourth-order valence-corrected chi connectivity index (χ4v) is 13.8. The highest BCUT2D eigenvalue weighted by molar-refractivity contribution is 6.01. The number of carboxylic acid groups (broad SMARTS) is 4. The normalized spacial score (nSPS) is 19.8. The van der Waals surface area contributed by atoms with Crippen molar-refractivity contribution in [3.8, 4) is 0 Å². The number of carbonyl (C=O) groups is 19. The van der Waals surface area contributed by atoms with Crippen molar-refractivity contribution in [2.75, 3.05) is 32.7 Å². The third-order valence-electron chi connectivity index (χ3n) is 20.0. The molecule has 20 N–H and O–H groups in total. The highest BCUT2D eigenvalue weighted by Gasteiger charge is 2.46. The molecule has 4 rings (SSSR count). The second-order valence-electron chi connectivity index (χ2n) is 30.5. The molecule has 4 aliphatic heterocycles. The van der Waals surface area contributed by atoms with Crippen LogP contribution in [0.5, 0.6) is 0 Å². The summed E-state index contributed by atoms with van der Waals surface area (Å²) in [5.41, 5.74) is 17.0. The Morgan fingerprint density at radius 1 is 0.366 bits per heavy atom. The molecule has 15 atom stereocenters. The first-order valence-electron chi connectivity index (χ1n) is 38.4. The molecule has 15 amide bonds. The van der Waals surface area contributed by atoms with Crippen molar-refractivity contribution in [2.24, 2.45) is 40.9 Å². The first kappa shape index (κ1) is 94.2. The zero-order valence-corrected chi connectivity index (χ0v) is 65.5. The van der Waals surface area contributed by atoms with Gasteiger partial charge in [0.05, 0.1) is 12.5 Å². The minimum Gasteiger partial charge on any atom is -0.481 e. The van der Waals surface area contributed by atoms with Gasteiger partial charge in [0.25, 0.3) is 0 Å². The van der Waals surface area contributed by atoms with E-state index in [1.54, 1.807) is 55.4 Å². The minimum absolute atomic E-state index is 0.0184. The number of nitrogens with zero attached hydrogens (tertiary/aromatic N) is 4. The number of amides is 15. The van der Waals surface area contributed by atoms with Gasteiger partial charge in [-0.25, -0.2) is 4.79 Å². The van der Waals surface area contributed by atoms with Gasteiger partial charge in [-0.3, -0.25) is 86.3 Å². The Labute approximate surface area is 649 Å². The van der Waals surface area contributed by atoms with Gasteiger partial charge in [0.15, 0.2) is 0 Å². The van der Waals surface area contributed by atoms with Gasteiger partial charge in [-0.2, -0.15) is 0 Å². The minimum atomic E-state index is -1.93. The lowest BCUT2D eigenvalue weighted by molar-refractivity contribution is -0.147. The van der Waals surface area contributed by atoms with Crippen molar-refractivity contribution in [2.45, 2.75) is 282 Å². The second kappa shape index (κ2) is 44.8. The Balaban J connectivity index is 1.43. The molecule has 4 saturated heterocycles. The molecule has 0 saturated carbocycles. The Bertz CT molecular complexity index is 3430. The molecule has 112 heavy (non-hydrogen) atoms. The van der Waals surface area contributed by atoms with Crippen LogP contribution in [0, 0.1) is 23.7 Å². The Morgan fingerprint density at radius 2 is 0.741 bits per heavy atom. The monoisotopic (exact) mass is 1590 g/mol. The molecule has 0 aliphatic carbocycles. The van der Waals surface area contributed by atoms with E-state index in [9.17, 15) is 106 Å². The lowest BCUT2D eigenvalue weighted by atomic mass is 9.98. The first-order chi connectivity index (χ1) is 52.5. The predicted octanol–water partition coefficient (Wildman–Crippen LogP) is -4.14. The number of primary amides is 1. The highest BCUT2D eigenvalue weighted by atomic mass is 16.4. The van der Waals surface area contributed by atoms with Crippen LogP contribution < -0.4 is 70.4 Å². The van der Waals surface area contributed by atoms with E-state index in [-0.39, 0.29) is 103 Å². The topological polar surface area (TPSA) is 617 Å². The molecule has 0 bridgehead atoms. The maximum atomic E-state index is 14.7. The highest BCUT2D eigenvalue weighted by Crippen LogP contribution is 2.27. The van der Waals surface area contributed by atoms with Crippen LogP contribution in [0.15, 0.2) is 0 Å². The zero-order valence-electron chi connectivity index (χ0n) is 65.5. The molecular weight excluding hydrogens is 1470 g/mol. The third kappa shape index (κ3) is 28.2. The van der Waals surface area contributed by atoms with E-state index in [4.69, 9.17) is 22.3 Å². The van der Waals surface area contributed by atoms with E-state index < -0.39 is 253 Å². The Morgan fingerprint density at radius 3 is 1.17 bits per heavy atom. The number of rotatable bonds is 45. The summed E-state index contributed by atoms with van der Waals surface area (Å²) < 4.78 is 0. The SMILES string of the molecule is CC(C)C[C@H](NC(=O)[C@@H]1CCCN1C(=O)[C@@H](NC(=O)[C@@H]1CCCN1C(=O)[C@H](CCC(=O)O)NC(=O)[C@H](C)NC(=O)[C@H](C)NC(=O)[C@@H]1CCCN1C(=O)[C@@H](NC(=O)[C@@H]1CCCN1C(=O)[C@@H](N)CCC(=O)O)C(C)C)C(C)C)C(=O)N[C@H](C(=O)N[C@@H](CCCCN)C(=O)N[C@@H](CCC(N)=O)C(=O)N[C@@H](CC(=O)O)C(=O)O)C(C)C. The Hall–Kier alpha value is -10.2. The Kier molecular flexibility index (Phi) is 37.7. The summed E-state index contributed by atoms with van der Waals surface area (Å²) in [6.45, 7) is 16.4. The van der Waals surface area contributed by atoms with Crippen LogP contribution in [0.3, 0.4) is 0 Å². The van der Waals surface area contributed by atoms with E-state index in [0.717, 1.165) is 4.90 Å². The molecule has 40 nitrogen and oxygen atoms in total. The maximum Gasteiger partial charge on any atom is 0.326 e. The van der Waals surface area contributed by atoms with E-state index in [1.165, 1.54) is 28.5 Å². The largest absolute Gasteiger partial charge is 0.481 e. The number of carboxylic acids is 4. The average Bonchev–Trinajstić information content (AvgIpc) is 1.62. The molecule has 0 aromatic carbocycles. The summed E-state index contributed by atoms with van der Waals surface area (Å²) in [7, 11) is 0. The van der Waals surface area contributed by atoms with E-state index in [2.05, 4.69) is 47.9 Å². The molecule has 0 aromatic rings. The van der Waals surface area contributed by atoms with Gasteiger partial charge >= 0.3 is 23.9 Å². The third-order valence-corrected chi connectivity index (χ3v) is 20.0. The average molecular weight is 1590 g/mol. The number of likely N-dealkylation sites (tertiary alicyclic amines) is 4. The number of aliphatic carboxylic acids is 4. The summed E-state index contributed by atoms with van der Waals surface area (Å²) in [5.74, 6) is -20.0. The van der Waals surface area contributed by atoms with Crippen molar-refractivity contribution in [3.05, 3.63) is 0 Å². The van der Waals surface area contributed by atoms with E-state index in [1.807, 2.05) is 5.32 Å². The van der Waals surface area contributed by atoms with Crippen molar-refractivity contribution in [1.82, 2.24) is 72.8 Å². The number of hydrogen-bond acceptors (Lipinski definition) is 21. The summed E-state index contributed by atoms with van der Waals surface area (Å²) >= 11 is 0. The molecule has 4 aliphatic rings. The molecule has 628 valence electrons. The molecule has 0 spiro atoms. The fraction of sp³-hybridized carbons (Fsp3) is 0.736. The van der Waals surface area contributed by atoms with Crippen LogP contribution in [-0.4, -0.2) is 276 Å². The standard InChI is InChI=1S/C72H117N17O23/c1-35(2)33-45(62(101)83-55(36(3)4)67(106)79-42(17-11-12-28-73)60(99)78-43(23-25-51(75)90)61(100)82-46(72(111)112)34-54(95)96)81-64(103)48-19-16-32-89(48)71(110)57(38(7)8)85-66(105)50-21-14-30-87(50)69(108)44(24-27-53(93)94)80-59(98)40(10)76-58(97)39(9)77-63(102)47-18-15-31-88(47)70(109)56(37(5)6)84-65(104)49-20-13-29-86(49)68(107)41(74)22-26-52(91)92/h35-50,55-57H,11-34,73-74H2,1-10H3,(H2,75,90)(H,76,97)(H,77,102)(H,78,99)(H,79,106)(H,80,98)(H,81,103)(H,82,100)(H,83,101)(H,84,104)(H,85,105)(H,91,92)(H,93,94)(H,95,96)(H,111,112)/t39-,40-,41-,42-,43-,44-,45-,46-,47-,48-,49-,50-,55-,56-,57-/m0/s1.